The lowest BCUT2D eigenvalue weighted by Crippen LogP contribution is -2.46. The number of carbonyl (C=O) groups excluding carboxylic acids is 4. The zero-order valence-electron chi connectivity index (χ0n) is 24.8. The molecule has 13 heteroatoms. The summed E-state index contributed by atoms with van der Waals surface area (Å²) in [5.41, 5.74) is 0.698. The number of benzene rings is 1. The molecule has 2 N–H and O–H groups in total. The van der Waals surface area contributed by atoms with E-state index in [-0.39, 0.29) is 30.0 Å². The number of esters is 4. The molecule has 5 atom stereocenters. The number of nitrogens with one attached hydrogen (secondary N) is 1. The van der Waals surface area contributed by atoms with Crippen LogP contribution in [0.3, 0.4) is 0 Å². The Morgan fingerprint density at radius 2 is 1.86 bits per heavy atom. The quantitative estimate of drug-likeness (QED) is 0.206. The lowest BCUT2D eigenvalue weighted by Gasteiger charge is -2.29. The number of methoxy groups -OCH3 is 1. The first-order valence-corrected chi connectivity index (χ1v) is 13.9. The molecule has 1 fully saturated rings. The molecule has 1 unspecified atom stereocenters. The van der Waals surface area contributed by atoms with Crippen molar-refractivity contribution in [3.63, 3.8) is 0 Å². The van der Waals surface area contributed by atoms with Crippen molar-refractivity contribution in [2.24, 2.45) is 11.8 Å². The topological polar surface area (TPSA) is 169 Å². The number of nitrogens with zero attached hydrogens (tertiary/aromatic N) is 1. The number of aliphatic hydroxyl groups excluding tert-OH is 1. The summed E-state index contributed by atoms with van der Waals surface area (Å²) in [4.78, 5) is 54.9. The number of rotatable bonds is 12. The van der Waals surface area contributed by atoms with Gasteiger partial charge in [0.05, 0.1) is 13.0 Å². The number of hydrogen-bond donors (Lipinski definition) is 2. The van der Waals surface area contributed by atoms with Crippen LogP contribution in [-0.4, -0.2) is 72.7 Å². The Hall–Kier alpha value is -4.23. The van der Waals surface area contributed by atoms with Crippen LogP contribution in [0.25, 0.3) is 0 Å². The summed E-state index contributed by atoms with van der Waals surface area (Å²) >= 11 is 0. The Labute approximate surface area is 249 Å². The zero-order valence-corrected chi connectivity index (χ0v) is 24.8. The van der Waals surface area contributed by atoms with Crippen LogP contribution in [0.1, 0.15) is 51.6 Å². The molecule has 13 nitrogen and oxygen atoms in total. The van der Waals surface area contributed by atoms with Crippen molar-refractivity contribution in [2.75, 3.05) is 20.5 Å². The highest BCUT2D eigenvalue weighted by Gasteiger charge is 2.42. The summed E-state index contributed by atoms with van der Waals surface area (Å²) in [5, 5.41) is 13.7. The van der Waals surface area contributed by atoms with E-state index in [2.05, 4.69) is 10.3 Å². The maximum atomic E-state index is 13.4. The molecule has 0 amide bonds. The predicted molar refractivity (Wildman–Crippen MR) is 149 cm³/mol. The number of aromatic nitrogens is 1. The van der Waals surface area contributed by atoms with Crippen LogP contribution in [0.2, 0.25) is 0 Å². The van der Waals surface area contributed by atoms with Gasteiger partial charge in [0.25, 0.3) is 0 Å². The van der Waals surface area contributed by atoms with E-state index in [1.165, 1.54) is 26.3 Å². The number of cyclic esters (lactones) is 2. The Bertz CT molecular complexity index is 1250. The van der Waals surface area contributed by atoms with Gasteiger partial charge in [-0.05, 0) is 18.9 Å². The fourth-order valence-electron chi connectivity index (χ4n) is 4.24. The second-order valence-corrected chi connectivity index (χ2v) is 10.1. The highest BCUT2D eigenvalue weighted by molar-refractivity contribution is 5.80. The molecule has 234 valence electrons. The molecule has 0 aliphatic carbocycles. The summed E-state index contributed by atoms with van der Waals surface area (Å²) in [5.74, 6) is -3.99. The second kappa shape index (κ2) is 15.8. The van der Waals surface area contributed by atoms with Crippen LogP contribution < -0.4 is 14.8 Å². The smallest absolute Gasteiger partial charge is 0.327 e. The molecule has 2 aromatic rings. The fourth-order valence-corrected chi connectivity index (χ4v) is 4.24. The Kier molecular flexibility index (Phi) is 12.3. The number of carbonyl (C=O) groups is 4. The summed E-state index contributed by atoms with van der Waals surface area (Å²) in [6, 6.07) is 9.22. The van der Waals surface area contributed by atoms with E-state index in [1.807, 2.05) is 30.3 Å². The minimum atomic E-state index is -1.64. The van der Waals surface area contributed by atoms with Gasteiger partial charge in [-0.2, -0.15) is 0 Å². The van der Waals surface area contributed by atoms with Crippen molar-refractivity contribution in [1.82, 2.24) is 10.3 Å². The van der Waals surface area contributed by atoms with Crippen molar-refractivity contribution in [2.45, 2.75) is 65.0 Å². The number of ether oxygens (including phenoxy) is 6. The fraction of sp³-hybridized carbons (Fsp3) is 0.500. The van der Waals surface area contributed by atoms with Gasteiger partial charge >= 0.3 is 23.9 Å². The summed E-state index contributed by atoms with van der Waals surface area (Å²) in [6.07, 6.45) is -2.19. The van der Waals surface area contributed by atoms with Gasteiger partial charge in [-0.15, -0.1) is 0 Å². The maximum absolute atomic E-state index is 13.4. The highest BCUT2D eigenvalue weighted by atomic mass is 16.7. The zero-order chi connectivity index (χ0) is 31.5. The lowest BCUT2D eigenvalue weighted by atomic mass is 9.91. The van der Waals surface area contributed by atoms with Crippen LogP contribution in [0.4, 0.5) is 0 Å². The SMILES string of the molecule is CCC(=O)OCOc1c(OC)ccnc1C(O)N[C@H]1COC(=O)[C@H](Cc2ccccc2)[C@@H](OC(=O)C(C)C)[C@H](C)OC1=O. The minimum Gasteiger partial charge on any atom is -0.493 e. The Morgan fingerprint density at radius 3 is 2.51 bits per heavy atom. The monoisotopic (exact) mass is 602 g/mol. The Balaban J connectivity index is 1.85. The minimum absolute atomic E-state index is 0.0423. The van der Waals surface area contributed by atoms with E-state index in [0.717, 1.165) is 5.56 Å². The van der Waals surface area contributed by atoms with Crippen LogP contribution in [0.15, 0.2) is 42.6 Å². The first-order valence-electron chi connectivity index (χ1n) is 13.9. The largest absolute Gasteiger partial charge is 0.493 e. The van der Waals surface area contributed by atoms with E-state index in [0.29, 0.717) is 0 Å². The third-order valence-electron chi connectivity index (χ3n) is 6.61. The molecule has 1 aliphatic rings. The molecule has 0 spiro atoms. The molecule has 1 aliphatic heterocycles. The van der Waals surface area contributed by atoms with Crippen molar-refractivity contribution in [1.29, 1.82) is 0 Å². The first kappa shape index (κ1) is 33.3. The standard InChI is InChI=1S/C30H38N2O11/c1-6-23(33)40-16-41-26-22(38-5)12-13-31-24(26)27(34)32-21-15-39-29(36)20(14-19-10-8-7-9-11-19)25(18(4)42-30(21)37)43-28(35)17(2)3/h7-13,17-18,20-21,25,27,32,34H,6,14-16H2,1-5H3/t18-,20+,21-,25-,27?/m0/s1. The Morgan fingerprint density at radius 1 is 1.14 bits per heavy atom. The molecule has 2 heterocycles. The van der Waals surface area contributed by atoms with Gasteiger partial charge in [-0.25, -0.2) is 0 Å². The number of aliphatic hydroxyl groups is 1. The molecule has 1 saturated heterocycles. The third-order valence-corrected chi connectivity index (χ3v) is 6.61. The van der Waals surface area contributed by atoms with E-state index in [1.54, 1.807) is 20.8 Å². The molecular formula is C30H38N2O11. The average molecular weight is 603 g/mol. The first-order chi connectivity index (χ1) is 20.5. The van der Waals surface area contributed by atoms with Crippen LogP contribution in [0.5, 0.6) is 11.5 Å². The van der Waals surface area contributed by atoms with E-state index in [4.69, 9.17) is 28.4 Å². The van der Waals surface area contributed by atoms with Gasteiger partial charge in [-0.1, -0.05) is 51.1 Å². The normalized spacial score (nSPS) is 21.4. The van der Waals surface area contributed by atoms with E-state index in [9.17, 15) is 24.3 Å². The summed E-state index contributed by atoms with van der Waals surface area (Å²) in [7, 11) is 1.37. The highest BCUT2D eigenvalue weighted by Crippen LogP contribution is 2.33. The van der Waals surface area contributed by atoms with Crippen molar-refractivity contribution in [3.05, 3.63) is 53.9 Å². The molecule has 43 heavy (non-hydrogen) atoms. The lowest BCUT2D eigenvalue weighted by molar-refractivity contribution is -0.176. The van der Waals surface area contributed by atoms with E-state index >= 15 is 0 Å². The molecule has 1 aromatic heterocycles. The molecule has 1 aromatic carbocycles. The van der Waals surface area contributed by atoms with Gasteiger partial charge in [0.15, 0.2) is 23.8 Å². The molecular weight excluding hydrogens is 564 g/mol. The van der Waals surface area contributed by atoms with Crippen molar-refractivity contribution in [3.8, 4) is 11.5 Å². The van der Waals surface area contributed by atoms with Gasteiger partial charge < -0.3 is 33.5 Å². The van der Waals surface area contributed by atoms with Gasteiger partial charge in [0.1, 0.15) is 30.4 Å². The molecule has 0 bridgehead atoms. The van der Waals surface area contributed by atoms with Crippen molar-refractivity contribution >= 4 is 23.9 Å². The third kappa shape index (κ3) is 9.13. The summed E-state index contributed by atoms with van der Waals surface area (Å²) in [6.45, 7) is 5.46. The molecule has 3 rings (SSSR count). The number of pyridine rings is 1. The summed E-state index contributed by atoms with van der Waals surface area (Å²) < 4.78 is 32.6. The second-order valence-electron chi connectivity index (χ2n) is 10.1. The average Bonchev–Trinajstić information content (AvgIpc) is 3.03. The van der Waals surface area contributed by atoms with Crippen LogP contribution in [-0.2, 0) is 44.5 Å². The van der Waals surface area contributed by atoms with Crippen LogP contribution in [0, 0.1) is 11.8 Å². The number of hydrogen-bond acceptors (Lipinski definition) is 13. The van der Waals surface area contributed by atoms with Gasteiger partial charge in [0.2, 0.25) is 6.79 Å². The molecule has 0 saturated carbocycles. The van der Waals surface area contributed by atoms with Crippen LogP contribution >= 0.6 is 0 Å². The van der Waals surface area contributed by atoms with E-state index < -0.39 is 73.6 Å². The van der Waals surface area contributed by atoms with Crippen molar-refractivity contribution < 1.29 is 52.7 Å². The molecule has 0 radical (unpaired) electrons. The maximum Gasteiger partial charge on any atom is 0.327 e. The van der Waals surface area contributed by atoms with Gasteiger partial charge in [-0.3, -0.25) is 29.5 Å². The van der Waals surface area contributed by atoms with Gasteiger partial charge in [0, 0.05) is 18.7 Å². The predicted octanol–water partition coefficient (Wildman–Crippen LogP) is 2.24.